The lowest BCUT2D eigenvalue weighted by molar-refractivity contribution is -0.137. The highest BCUT2D eigenvalue weighted by Crippen LogP contribution is 2.32. The highest BCUT2D eigenvalue weighted by Gasteiger charge is 2.31. The average Bonchev–Trinajstić information content (AvgIpc) is 3.30. The summed E-state index contributed by atoms with van der Waals surface area (Å²) in [6, 6.07) is 24.0. The van der Waals surface area contributed by atoms with Crippen LogP contribution in [-0.4, -0.2) is 50.8 Å². The number of rotatable bonds is 6. The van der Waals surface area contributed by atoms with Crippen molar-refractivity contribution in [3.63, 3.8) is 0 Å². The van der Waals surface area contributed by atoms with E-state index in [0.717, 1.165) is 45.7 Å². The Hall–Kier alpha value is -4.24. The van der Waals surface area contributed by atoms with Gasteiger partial charge in [-0.15, -0.1) is 0 Å². The lowest BCUT2D eigenvalue weighted by Gasteiger charge is -2.36. The van der Waals surface area contributed by atoms with E-state index < -0.39 is 11.7 Å². The minimum Gasteiger partial charge on any atom is -0.353 e. The molecule has 0 N–H and O–H groups in total. The first-order chi connectivity index (χ1) is 19.7. The molecule has 0 amide bonds. The molecule has 6 nitrogen and oxygen atoms in total. The molecule has 3 aromatic carbocycles. The molecule has 0 radical (unpaired) electrons. The highest BCUT2D eigenvalue weighted by molar-refractivity contribution is 5.91. The molecule has 0 unspecified atom stereocenters. The van der Waals surface area contributed by atoms with Crippen molar-refractivity contribution >= 4 is 16.9 Å². The van der Waals surface area contributed by atoms with Gasteiger partial charge in [-0.2, -0.15) is 18.3 Å². The second-order valence-corrected chi connectivity index (χ2v) is 10.6. The maximum Gasteiger partial charge on any atom is 0.416 e. The lowest BCUT2D eigenvalue weighted by Crippen LogP contribution is -2.46. The van der Waals surface area contributed by atoms with E-state index in [2.05, 4.69) is 41.0 Å². The molecular formula is C32H31F3N6. The number of piperazine rings is 1. The molecule has 5 aromatic rings. The molecule has 0 aliphatic carbocycles. The molecule has 9 heteroatoms. The van der Waals surface area contributed by atoms with E-state index >= 15 is 0 Å². The van der Waals surface area contributed by atoms with E-state index in [0.29, 0.717) is 44.7 Å². The van der Waals surface area contributed by atoms with Crippen LogP contribution in [-0.2, 0) is 19.1 Å². The summed E-state index contributed by atoms with van der Waals surface area (Å²) in [5.74, 6) is 1.58. The summed E-state index contributed by atoms with van der Waals surface area (Å²) in [6.45, 7) is 7.34. The molecule has 1 fully saturated rings. The predicted octanol–water partition coefficient (Wildman–Crippen LogP) is 6.36. The zero-order valence-corrected chi connectivity index (χ0v) is 23.1. The Kier molecular flexibility index (Phi) is 7.21. The Morgan fingerprint density at radius 1 is 0.780 bits per heavy atom. The van der Waals surface area contributed by atoms with Crippen LogP contribution in [0.25, 0.3) is 16.7 Å². The predicted molar refractivity (Wildman–Crippen MR) is 154 cm³/mol. The Labute approximate surface area is 237 Å². The van der Waals surface area contributed by atoms with Gasteiger partial charge in [-0.05, 0) is 43.2 Å². The van der Waals surface area contributed by atoms with E-state index in [4.69, 9.17) is 15.1 Å². The fourth-order valence-electron chi connectivity index (χ4n) is 5.37. The summed E-state index contributed by atoms with van der Waals surface area (Å²) < 4.78 is 41.5. The number of para-hydroxylation sites is 1. The van der Waals surface area contributed by atoms with Gasteiger partial charge in [0.05, 0.1) is 22.3 Å². The van der Waals surface area contributed by atoms with Crippen molar-refractivity contribution < 1.29 is 13.2 Å². The molecule has 41 heavy (non-hydrogen) atoms. The van der Waals surface area contributed by atoms with Gasteiger partial charge in [-0.1, -0.05) is 66.2 Å². The quantitative estimate of drug-likeness (QED) is 0.244. The van der Waals surface area contributed by atoms with Crippen LogP contribution in [0.5, 0.6) is 0 Å². The van der Waals surface area contributed by atoms with E-state index in [1.54, 1.807) is 6.07 Å². The Bertz CT molecular complexity index is 1650. The minimum absolute atomic E-state index is 0.473. The van der Waals surface area contributed by atoms with E-state index in [9.17, 15) is 13.2 Å². The average molecular weight is 557 g/mol. The molecule has 0 bridgehead atoms. The van der Waals surface area contributed by atoms with Crippen LogP contribution in [0.1, 0.15) is 33.8 Å². The molecule has 1 aliphatic rings. The van der Waals surface area contributed by atoms with Crippen LogP contribution in [0.4, 0.5) is 19.0 Å². The third kappa shape index (κ3) is 5.81. The van der Waals surface area contributed by atoms with Crippen molar-refractivity contribution in [3.8, 4) is 5.69 Å². The van der Waals surface area contributed by atoms with Crippen molar-refractivity contribution in [2.75, 3.05) is 31.1 Å². The number of aromatic nitrogens is 4. The first kappa shape index (κ1) is 27.0. The van der Waals surface area contributed by atoms with Gasteiger partial charge in [0.1, 0.15) is 11.6 Å². The Morgan fingerprint density at radius 3 is 2.22 bits per heavy atom. The summed E-state index contributed by atoms with van der Waals surface area (Å²) >= 11 is 0. The molecule has 3 heterocycles. The third-order valence-electron chi connectivity index (χ3n) is 7.55. The van der Waals surface area contributed by atoms with Gasteiger partial charge >= 0.3 is 6.18 Å². The number of hydrogen-bond acceptors (Lipinski definition) is 5. The molecule has 2 aromatic heterocycles. The zero-order valence-electron chi connectivity index (χ0n) is 23.1. The van der Waals surface area contributed by atoms with Gasteiger partial charge in [0, 0.05) is 39.1 Å². The van der Waals surface area contributed by atoms with Crippen LogP contribution in [0.2, 0.25) is 0 Å². The fraction of sp³-hybridized carbons (Fsp3) is 0.281. The normalized spacial score (nSPS) is 14.6. The third-order valence-corrected chi connectivity index (χ3v) is 7.55. The summed E-state index contributed by atoms with van der Waals surface area (Å²) in [6.07, 6.45) is -3.75. The Morgan fingerprint density at radius 2 is 1.51 bits per heavy atom. The van der Waals surface area contributed by atoms with Gasteiger partial charge < -0.3 is 4.90 Å². The number of halogens is 3. The van der Waals surface area contributed by atoms with E-state index in [1.165, 1.54) is 17.7 Å². The Balaban J connectivity index is 1.30. The lowest BCUT2D eigenvalue weighted by atomic mass is 10.1. The van der Waals surface area contributed by atoms with Gasteiger partial charge in [0.15, 0.2) is 5.65 Å². The van der Waals surface area contributed by atoms with Crippen molar-refractivity contribution in [3.05, 3.63) is 113 Å². The number of nitrogens with zero attached hydrogens (tertiary/aromatic N) is 6. The van der Waals surface area contributed by atoms with Crippen molar-refractivity contribution in [1.29, 1.82) is 0 Å². The largest absolute Gasteiger partial charge is 0.416 e. The second-order valence-electron chi connectivity index (χ2n) is 10.6. The summed E-state index contributed by atoms with van der Waals surface area (Å²) in [4.78, 5) is 14.5. The maximum atomic E-state index is 13.2. The molecule has 0 saturated carbocycles. The van der Waals surface area contributed by atoms with Crippen LogP contribution < -0.4 is 4.90 Å². The standard InChI is InChI=1S/C32H31F3N6/c1-22-11-13-24(14-12-22)20-28-36-30(29-23(2)38-41(31(29)37-28)27-9-4-3-5-10-27)40-17-15-39(16-18-40)21-25-7-6-8-26(19-25)32(33,34)35/h3-14,19H,15-18,20-21H2,1-2H3. The van der Waals surface area contributed by atoms with Crippen LogP contribution in [0.15, 0.2) is 78.9 Å². The molecule has 1 aliphatic heterocycles. The first-order valence-corrected chi connectivity index (χ1v) is 13.8. The van der Waals surface area contributed by atoms with E-state index in [1.807, 2.05) is 41.9 Å². The molecule has 6 rings (SSSR count). The van der Waals surface area contributed by atoms with Crippen molar-refractivity contribution in [2.45, 2.75) is 33.0 Å². The van der Waals surface area contributed by atoms with Crippen molar-refractivity contribution in [2.24, 2.45) is 0 Å². The minimum atomic E-state index is -4.34. The smallest absolute Gasteiger partial charge is 0.353 e. The number of aryl methyl sites for hydroxylation is 2. The number of anilines is 1. The van der Waals surface area contributed by atoms with Gasteiger partial charge in [-0.25, -0.2) is 14.6 Å². The van der Waals surface area contributed by atoms with Crippen LogP contribution in [0, 0.1) is 13.8 Å². The zero-order chi connectivity index (χ0) is 28.6. The van der Waals surface area contributed by atoms with Gasteiger partial charge in [-0.3, -0.25) is 4.90 Å². The highest BCUT2D eigenvalue weighted by atomic mass is 19.4. The maximum absolute atomic E-state index is 13.2. The number of hydrogen-bond donors (Lipinski definition) is 0. The monoisotopic (exact) mass is 556 g/mol. The summed E-state index contributed by atoms with van der Waals surface area (Å²) in [7, 11) is 0. The molecular weight excluding hydrogens is 525 g/mol. The summed E-state index contributed by atoms with van der Waals surface area (Å²) in [5.41, 5.74) is 4.95. The molecule has 0 atom stereocenters. The van der Waals surface area contributed by atoms with Gasteiger partial charge in [0.25, 0.3) is 0 Å². The second kappa shape index (κ2) is 11.0. The van der Waals surface area contributed by atoms with Gasteiger partial charge in [0.2, 0.25) is 0 Å². The fourth-order valence-corrected chi connectivity index (χ4v) is 5.37. The molecule has 1 saturated heterocycles. The number of fused-ring (bicyclic) bond motifs is 1. The number of benzene rings is 3. The van der Waals surface area contributed by atoms with Crippen molar-refractivity contribution in [1.82, 2.24) is 24.6 Å². The van der Waals surface area contributed by atoms with Crippen LogP contribution in [0.3, 0.4) is 0 Å². The topological polar surface area (TPSA) is 50.1 Å². The summed E-state index contributed by atoms with van der Waals surface area (Å²) in [5, 5.41) is 5.78. The molecule has 0 spiro atoms. The number of alkyl halides is 3. The first-order valence-electron chi connectivity index (χ1n) is 13.8. The van der Waals surface area contributed by atoms with Crippen LogP contribution >= 0.6 is 0 Å². The molecule has 210 valence electrons. The SMILES string of the molecule is Cc1ccc(Cc2nc(N3CCN(Cc4cccc(C(F)(F)F)c4)CC3)c3c(C)nn(-c4ccccc4)c3n2)cc1. The van der Waals surface area contributed by atoms with E-state index in [-0.39, 0.29) is 0 Å².